The zero-order valence-electron chi connectivity index (χ0n) is 13.5. The van der Waals surface area contributed by atoms with Crippen molar-refractivity contribution in [1.29, 1.82) is 0 Å². The Bertz CT molecular complexity index is 821. The van der Waals surface area contributed by atoms with Crippen LogP contribution in [0, 0.1) is 0 Å². The molecule has 0 radical (unpaired) electrons. The van der Waals surface area contributed by atoms with Crippen LogP contribution in [0.5, 0.6) is 11.5 Å². The summed E-state index contributed by atoms with van der Waals surface area (Å²) in [7, 11) is 0. The van der Waals surface area contributed by atoms with Crippen LogP contribution in [0.4, 0.5) is 0 Å². The van der Waals surface area contributed by atoms with Crippen molar-refractivity contribution in [3.05, 3.63) is 59.8 Å². The third kappa shape index (κ3) is 3.03. The van der Waals surface area contributed by atoms with E-state index in [4.69, 9.17) is 10.5 Å². The van der Waals surface area contributed by atoms with Crippen LogP contribution in [0.25, 0.3) is 10.9 Å². The Morgan fingerprint density at radius 2 is 1.91 bits per heavy atom. The van der Waals surface area contributed by atoms with Gasteiger partial charge in [0.25, 0.3) is 0 Å². The molecule has 0 fully saturated rings. The van der Waals surface area contributed by atoms with Crippen molar-refractivity contribution >= 4 is 10.9 Å². The van der Waals surface area contributed by atoms with Gasteiger partial charge in [-0.25, -0.2) is 0 Å². The van der Waals surface area contributed by atoms with E-state index in [-0.39, 0.29) is 5.75 Å². The Morgan fingerprint density at radius 1 is 1.13 bits per heavy atom. The normalized spacial score (nSPS) is 11.3. The molecule has 0 saturated carbocycles. The summed E-state index contributed by atoms with van der Waals surface area (Å²) in [6.07, 6.45) is 0. The summed E-state index contributed by atoms with van der Waals surface area (Å²) in [5.41, 5.74) is 9.32. The molecular weight excluding hydrogens is 288 g/mol. The lowest BCUT2D eigenvalue weighted by molar-refractivity contribution is 0.291. The number of hydrogen-bond donors (Lipinski definition) is 2. The van der Waals surface area contributed by atoms with Crippen LogP contribution >= 0.6 is 0 Å². The van der Waals surface area contributed by atoms with Gasteiger partial charge < -0.3 is 20.1 Å². The number of para-hydroxylation sites is 1. The van der Waals surface area contributed by atoms with Crippen molar-refractivity contribution < 1.29 is 9.84 Å². The van der Waals surface area contributed by atoms with Crippen LogP contribution in [0.2, 0.25) is 0 Å². The number of ether oxygens (including phenoxy) is 1. The average molecular weight is 310 g/mol. The minimum absolute atomic E-state index is 0.206. The monoisotopic (exact) mass is 310 g/mol. The van der Waals surface area contributed by atoms with E-state index >= 15 is 0 Å². The number of benzene rings is 2. The number of phenols is 1. The molecule has 4 nitrogen and oxygen atoms in total. The molecule has 120 valence electrons. The highest BCUT2D eigenvalue weighted by Crippen LogP contribution is 2.28. The van der Waals surface area contributed by atoms with Crippen molar-refractivity contribution in [2.45, 2.75) is 33.0 Å². The highest BCUT2D eigenvalue weighted by Gasteiger charge is 2.14. The number of rotatable bonds is 5. The predicted octanol–water partition coefficient (Wildman–Crippen LogP) is 3.97. The second-order valence-electron chi connectivity index (χ2n) is 5.94. The molecular formula is C19H22N2O2. The Hall–Kier alpha value is -2.46. The molecule has 0 aliphatic heterocycles. The van der Waals surface area contributed by atoms with E-state index in [0.29, 0.717) is 24.9 Å². The molecule has 0 spiro atoms. The summed E-state index contributed by atoms with van der Waals surface area (Å²) in [5.74, 6) is 0.863. The predicted molar refractivity (Wildman–Crippen MR) is 92.7 cm³/mol. The maximum atomic E-state index is 9.54. The highest BCUT2D eigenvalue weighted by molar-refractivity contribution is 5.84. The quantitative estimate of drug-likeness (QED) is 0.749. The van der Waals surface area contributed by atoms with Crippen molar-refractivity contribution in [2.24, 2.45) is 5.73 Å². The van der Waals surface area contributed by atoms with E-state index in [2.05, 4.69) is 36.6 Å². The van der Waals surface area contributed by atoms with Gasteiger partial charge in [-0.3, -0.25) is 0 Å². The number of nitrogens with two attached hydrogens (primary N) is 1. The fraction of sp³-hybridized carbons (Fsp3) is 0.263. The standard InChI is InChI=1S/C19H22N2O2/c1-13(2)21-16(12-23-18-8-4-7-17(22)10-18)9-14-5-3-6-15(11-20)19(14)21/h3-10,13,22H,11-12,20H2,1-2H3. The summed E-state index contributed by atoms with van der Waals surface area (Å²) < 4.78 is 8.13. The minimum atomic E-state index is 0.206. The summed E-state index contributed by atoms with van der Waals surface area (Å²) in [4.78, 5) is 0. The molecule has 4 heteroatoms. The maximum absolute atomic E-state index is 9.54. The molecule has 2 aromatic carbocycles. The molecule has 0 bridgehead atoms. The number of fused-ring (bicyclic) bond motifs is 1. The van der Waals surface area contributed by atoms with Crippen LogP contribution in [0.15, 0.2) is 48.5 Å². The van der Waals surface area contributed by atoms with Crippen molar-refractivity contribution in [2.75, 3.05) is 0 Å². The third-order valence-electron chi connectivity index (χ3n) is 3.96. The van der Waals surface area contributed by atoms with E-state index in [1.165, 1.54) is 10.9 Å². The number of nitrogens with zero attached hydrogens (tertiary/aromatic N) is 1. The van der Waals surface area contributed by atoms with Crippen LogP contribution in [-0.2, 0) is 13.2 Å². The average Bonchev–Trinajstić information content (AvgIpc) is 2.91. The minimum Gasteiger partial charge on any atom is -0.508 e. The molecule has 1 heterocycles. The molecule has 0 unspecified atom stereocenters. The van der Waals surface area contributed by atoms with E-state index < -0.39 is 0 Å². The first-order valence-electron chi connectivity index (χ1n) is 7.83. The zero-order chi connectivity index (χ0) is 16.4. The highest BCUT2D eigenvalue weighted by atomic mass is 16.5. The Morgan fingerprint density at radius 3 is 2.61 bits per heavy atom. The van der Waals surface area contributed by atoms with Gasteiger partial charge in [0.2, 0.25) is 0 Å². The smallest absolute Gasteiger partial charge is 0.128 e. The van der Waals surface area contributed by atoms with Gasteiger partial charge in [0.15, 0.2) is 0 Å². The van der Waals surface area contributed by atoms with Crippen LogP contribution in [0.1, 0.15) is 31.1 Å². The fourth-order valence-electron chi connectivity index (χ4n) is 3.01. The molecule has 0 saturated heterocycles. The van der Waals surface area contributed by atoms with Gasteiger partial charge in [-0.2, -0.15) is 0 Å². The van der Waals surface area contributed by atoms with E-state index in [9.17, 15) is 5.11 Å². The number of aromatic hydroxyl groups is 1. The molecule has 0 amide bonds. The second-order valence-corrected chi connectivity index (χ2v) is 5.94. The van der Waals surface area contributed by atoms with E-state index in [1.807, 2.05) is 12.1 Å². The molecule has 0 atom stereocenters. The summed E-state index contributed by atoms with van der Waals surface area (Å²) in [6.45, 7) is 5.27. The van der Waals surface area contributed by atoms with Crippen LogP contribution in [-0.4, -0.2) is 9.67 Å². The SMILES string of the molecule is CC(C)n1c(COc2cccc(O)c2)cc2cccc(CN)c21. The maximum Gasteiger partial charge on any atom is 0.128 e. The van der Waals surface area contributed by atoms with Gasteiger partial charge in [0, 0.05) is 24.0 Å². The Kier molecular flexibility index (Phi) is 4.26. The third-order valence-corrected chi connectivity index (χ3v) is 3.96. The van der Waals surface area contributed by atoms with Crippen molar-refractivity contribution in [1.82, 2.24) is 4.57 Å². The van der Waals surface area contributed by atoms with Gasteiger partial charge in [-0.1, -0.05) is 24.3 Å². The van der Waals surface area contributed by atoms with Crippen LogP contribution < -0.4 is 10.5 Å². The zero-order valence-corrected chi connectivity index (χ0v) is 13.5. The first-order valence-corrected chi connectivity index (χ1v) is 7.83. The van der Waals surface area contributed by atoms with Crippen molar-refractivity contribution in [3.63, 3.8) is 0 Å². The fourth-order valence-corrected chi connectivity index (χ4v) is 3.01. The van der Waals surface area contributed by atoms with Gasteiger partial charge in [-0.15, -0.1) is 0 Å². The lowest BCUT2D eigenvalue weighted by Crippen LogP contribution is -2.10. The van der Waals surface area contributed by atoms with Gasteiger partial charge in [0.1, 0.15) is 18.1 Å². The Balaban J connectivity index is 1.98. The molecule has 3 aromatic rings. The van der Waals surface area contributed by atoms with E-state index in [0.717, 1.165) is 11.3 Å². The molecule has 3 N–H and O–H groups in total. The summed E-state index contributed by atoms with van der Waals surface area (Å²) in [6, 6.07) is 15.5. The number of hydrogen-bond acceptors (Lipinski definition) is 3. The van der Waals surface area contributed by atoms with Gasteiger partial charge in [-0.05, 0) is 37.6 Å². The lowest BCUT2D eigenvalue weighted by Gasteiger charge is -2.17. The largest absolute Gasteiger partial charge is 0.508 e. The first kappa shape index (κ1) is 15.4. The number of aromatic nitrogens is 1. The molecule has 23 heavy (non-hydrogen) atoms. The molecule has 3 rings (SSSR count). The second kappa shape index (κ2) is 6.34. The molecule has 0 aliphatic rings. The topological polar surface area (TPSA) is 60.4 Å². The molecule has 0 aliphatic carbocycles. The lowest BCUT2D eigenvalue weighted by atomic mass is 10.1. The van der Waals surface area contributed by atoms with Crippen LogP contribution in [0.3, 0.4) is 0 Å². The van der Waals surface area contributed by atoms with Gasteiger partial charge >= 0.3 is 0 Å². The summed E-state index contributed by atoms with van der Waals surface area (Å²) >= 11 is 0. The Labute approximate surface area is 136 Å². The summed E-state index contributed by atoms with van der Waals surface area (Å²) in [5, 5.41) is 10.7. The van der Waals surface area contributed by atoms with Gasteiger partial charge in [0.05, 0.1) is 11.2 Å². The van der Waals surface area contributed by atoms with Crippen molar-refractivity contribution in [3.8, 4) is 11.5 Å². The number of phenolic OH excluding ortho intramolecular Hbond substituents is 1. The molecule has 1 aromatic heterocycles. The van der Waals surface area contributed by atoms with E-state index in [1.54, 1.807) is 18.2 Å². The first-order chi connectivity index (χ1) is 11.1.